The number of nitrogens with one attached hydrogen (secondary N) is 3. The highest BCUT2D eigenvalue weighted by Crippen LogP contribution is 2.26. The number of amides is 3. The average Bonchev–Trinajstić information content (AvgIpc) is 3.25. The van der Waals surface area contributed by atoms with Crippen LogP contribution in [0, 0.1) is 6.92 Å². The number of hydrogen-bond acceptors (Lipinski definition) is 8. The van der Waals surface area contributed by atoms with E-state index in [1.165, 1.54) is 20.1 Å². The van der Waals surface area contributed by atoms with Gasteiger partial charge in [-0.05, 0) is 20.8 Å². The van der Waals surface area contributed by atoms with Crippen molar-refractivity contribution >= 4 is 23.5 Å². The molecule has 1 saturated heterocycles. The fourth-order valence-corrected chi connectivity index (χ4v) is 2.21. The van der Waals surface area contributed by atoms with Crippen LogP contribution in [-0.4, -0.2) is 73.2 Å². The molecule has 3 N–H and O–H groups in total. The summed E-state index contributed by atoms with van der Waals surface area (Å²) in [5.41, 5.74) is -0.310. The second-order valence-electron chi connectivity index (χ2n) is 6.70. The fourth-order valence-electron chi connectivity index (χ4n) is 2.21. The van der Waals surface area contributed by atoms with Gasteiger partial charge in [-0.3, -0.25) is 19.2 Å². The van der Waals surface area contributed by atoms with Crippen molar-refractivity contribution in [1.29, 1.82) is 0 Å². The van der Waals surface area contributed by atoms with Crippen LogP contribution < -0.4 is 16.0 Å². The number of rotatable bonds is 10. The first-order valence-corrected chi connectivity index (χ1v) is 8.64. The van der Waals surface area contributed by atoms with E-state index in [-0.39, 0.29) is 24.7 Å². The number of aromatic nitrogens is 1. The van der Waals surface area contributed by atoms with Gasteiger partial charge >= 0.3 is 0 Å². The van der Waals surface area contributed by atoms with E-state index in [2.05, 4.69) is 21.1 Å². The number of ketones is 1. The van der Waals surface area contributed by atoms with Gasteiger partial charge in [0.2, 0.25) is 17.6 Å². The molecule has 2 rings (SSSR count). The lowest BCUT2D eigenvalue weighted by Gasteiger charge is -2.20. The molecule has 0 unspecified atom stereocenters. The van der Waals surface area contributed by atoms with E-state index in [0.717, 1.165) is 0 Å². The number of ether oxygens (including phenoxy) is 2. The van der Waals surface area contributed by atoms with E-state index >= 15 is 0 Å². The first kappa shape index (κ1) is 21.5. The van der Waals surface area contributed by atoms with Crippen LogP contribution in [0.15, 0.2) is 10.6 Å². The third kappa shape index (κ3) is 5.60. The number of nitrogens with zero attached hydrogens (tertiary/aromatic N) is 1. The van der Waals surface area contributed by atoms with Crippen LogP contribution in [0.1, 0.15) is 30.1 Å². The molecule has 2 heterocycles. The zero-order valence-electron chi connectivity index (χ0n) is 16.2. The summed E-state index contributed by atoms with van der Waals surface area (Å²) in [4.78, 5) is 48.5. The number of methoxy groups -OCH3 is 1. The van der Waals surface area contributed by atoms with E-state index in [4.69, 9.17) is 14.0 Å². The smallest absolute Gasteiger partial charge is 0.290 e. The van der Waals surface area contributed by atoms with Crippen molar-refractivity contribution in [3.8, 4) is 0 Å². The third-order valence-corrected chi connectivity index (χ3v) is 4.15. The molecule has 28 heavy (non-hydrogen) atoms. The molecule has 154 valence electrons. The minimum absolute atomic E-state index is 0.0495. The summed E-state index contributed by atoms with van der Waals surface area (Å²) < 4.78 is 14.8. The zero-order valence-corrected chi connectivity index (χ0v) is 16.2. The van der Waals surface area contributed by atoms with Crippen molar-refractivity contribution in [1.82, 2.24) is 21.1 Å². The molecule has 0 aromatic carbocycles. The molecule has 0 saturated carbocycles. The lowest BCUT2D eigenvalue weighted by Crippen LogP contribution is -2.54. The van der Waals surface area contributed by atoms with Crippen LogP contribution in [0.25, 0.3) is 0 Å². The van der Waals surface area contributed by atoms with Gasteiger partial charge in [0, 0.05) is 13.2 Å². The van der Waals surface area contributed by atoms with Gasteiger partial charge in [-0.2, -0.15) is 0 Å². The average molecular weight is 396 g/mol. The zero-order chi connectivity index (χ0) is 20.9. The first-order chi connectivity index (χ1) is 13.2. The molecule has 11 heteroatoms. The highest BCUT2D eigenvalue weighted by atomic mass is 16.6. The molecule has 3 atom stereocenters. The molecular weight excluding hydrogens is 372 g/mol. The van der Waals surface area contributed by atoms with Gasteiger partial charge in [0.05, 0.1) is 25.5 Å². The monoisotopic (exact) mass is 396 g/mol. The minimum atomic E-state index is -1.06. The molecular formula is C17H24N4O7. The quantitative estimate of drug-likeness (QED) is 0.413. The number of hydrogen-bond donors (Lipinski definition) is 3. The molecule has 1 aliphatic heterocycles. The highest BCUT2D eigenvalue weighted by Gasteiger charge is 2.46. The molecule has 0 spiro atoms. The highest BCUT2D eigenvalue weighted by molar-refractivity contribution is 5.97. The maximum atomic E-state index is 12.4. The molecule has 1 fully saturated rings. The Kier molecular flexibility index (Phi) is 6.86. The second-order valence-corrected chi connectivity index (χ2v) is 6.70. The largest absolute Gasteiger partial charge is 0.382 e. The summed E-state index contributed by atoms with van der Waals surface area (Å²) in [5, 5.41) is 11.0. The Hall–Kier alpha value is -2.79. The Morgan fingerprint density at radius 3 is 2.50 bits per heavy atom. The van der Waals surface area contributed by atoms with E-state index < -0.39 is 35.4 Å². The van der Waals surface area contributed by atoms with Crippen LogP contribution in [-0.2, 0) is 23.9 Å². The Morgan fingerprint density at radius 2 is 1.96 bits per heavy atom. The Labute approximate surface area is 161 Å². The van der Waals surface area contributed by atoms with E-state index in [0.29, 0.717) is 12.3 Å². The van der Waals surface area contributed by atoms with Gasteiger partial charge in [-0.25, -0.2) is 0 Å². The van der Waals surface area contributed by atoms with Crippen molar-refractivity contribution < 1.29 is 33.2 Å². The summed E-state index contributed by atoms with van der Waals surface area (Å²) in [6.07, 6.45) is 0. The lowest BCUT2D eigenvalue weighted by molar-refractivity contribution is -0.131. The molecule has 0 bridgehead atoms. The molecule has 3 amide bonds. The van der Waals surface area contributed by atoms with E-state index in [1.54, 1.807) is 13.8 Å². The topological polar surface area (TPSA) is 152 Å². The van der Waals surface area contributed by atoms with Crippen LogP contribution in [0.2, 0.25) is 0 Å². The first-order valence-electron chi connectivity index (χ1n) is 8.64. The Morgan fingerprint density at radius 1 is 1.29 bits per heavy atom. The molecule has 1 aromatic heterocycles. The minimum Gasteiger partial charge on any atom is -0.382 e. The van der Waals surface area contributed by atoms with Crippen LogP contribution in [0.5, 0.6) is 0 Å². The van der Waals surface area contributed by atoms with Crippen LogP contribution >= 0.6 is 0 Å². The molecule has 0 radical (unpaired) electrons. The molecule has 1 aromatic rings. The Bertz CT molecular complexity index is 756. The second kappa shape index (κ2) is 8.93. The third-order valence-electron chi connectivity index (χ3n) is 4.15. The van der Waals surface area contributed by atoms with E-state index in [9.17, 15) is 19.2 Å². The summed E-state index contributed by atoms with van der Waals surface area (Å²) in [6, 6.07) is -0.565. The fraction of sp³-hybridized carbons (Fsp3) is 0.588. The summed E-state index contributed by atoms with van der Waals surface area (Å²) in [5.74, 6) is -2.10. The number of Topliss-reactive ketones (excluding diaryl/α,β-unsaturated/α-hetero) is 1. The predicted octanol–water partition coefficient (Wildman–Crippen LogP) is -1.29. The van der Waals surface area contributed by atoms with Gasteiger partial charge in [0.25, 0.3) is 5.91 Å². The van der Waals surface area contributed by atoms with Gasteiger partial charge < -0.3 is 29.9 Å². The number of aryl methyl sites for hydroxylation is 1. The summed E-state index contributed by atoms with van der Waals surface area (Å²) >= 11 is 0. The predicted molar refractivity (Wildman–Crippen MR) is 94.3 cm³/mol. The van der Waals surface area contributed by atoms with Crippen LogP contribution in [0.4, 0.5) is 0 Å². The van der Waals surface area contributed by atoms with Crippen molar-refractivity contribution in [3.05, 3.63) is 17.5 Å². The molecule has 11 nitrogen and oxygen atoms in total. The van der Waals surface area contributed by atoms with Crippen molar-refractivity contribution in [2.24, 2.45) is 0 Å². The van der Waals surface area contributed by atoms with Gasteiger partial charge in [0.1, 0.15) is 17.7 Å². The number of epoxide rings is 1. The van der Waals surface area contributed by atoms with Crippen molar-refractivity contribution in [2.75, 3.05) is 26.9 Å². The maximum Gasteiger partial charge on any atom is 0.290 e. The number of carbonyl (C=O) groups is 4. The van der Waals surface area contributed by atoms with Crippen LogP contribution in [0.3, 0.4) is 0 Å². The van der Waals surface area contributed by atoms with Gasteiger partial charge in [-0.15, -0.1) is 0 Å². The van der Waals surface area contributed by atoms with Gasteiger partial charge in [-0.1, -0.05) is 5.16 Å². The SMILES string of the molecule is COC[C@H](NC(=O)c1cc(C)no1)C(=O)N[C@@H](C)C(=O)NCC(=O)[C@@]1(C)CO1. The van der Waals surface area contributed by atoms with Gasteiger partial charge in [0.15, 0.2) is 5.78 Å². The normalized spacial score (nSPS) is 20.0. The molecule has 1 aliphatic rings. The Balaban J connectivity index is 1.86. The van der Waals surface area contributed by atoms with E-state index in [1.807, 2.05) is 0 Å². The number of carbonyl (C=O) groups excluding carboxylic acids is 4. The standard InChI is InChI=1S/C17H24N4O7/c1-9-5-12(28-21-9)16(25)20-11(7-26-4)15(24)19-10(2)14(23)18-6-13(22)17(3)8-27-17/h5,10-11H,6-8H2,1-4H3,(H,18,23)(H,19,24)(H,20,25)/t10-,11-,17+/m0/s1. The summed E-state index contributed by atoms with van der Waals surface area (Å²) in [7, 11) is 1.37. The van der Waals surface area contributed by atoms with Crippen molar-refractivity contribution in [2.45, 2.75) is 38.5 Å². The summed E-state index contributed by atoms with van der Waals surface area (Å²) in [6.45, 7) is 4.77. The van der Waals surface area contributed by atoms with Crippen molar-refractivity contribution in [3.63, 3.8) is 0 Å². The molecule has 0 aliphatic carbocycles. The maximum absolute atomic E-state index is 12.4. The lowest BCUT2D eigenvalue weighted by atomic mass is 10.1.